The van der Waals surface area contributed by atoms with Gasteiger partial charge in [0.05, 0.1) is 0 Å². The van der Waals surface area contributed by atoms with Crippen LogP contribution in [0, 0.1) is 0 Å². The molecule has 1 amide bonds. The third-order valence-corrected chi connectivity index (χ3v) is 2.54. The molecule has 0 fully saturated rings. The molecule has 0 aliphatic heterocycles. The SMILES string of the molecule is CCCNC(=O)C(O)[C@@H](N)Cc1ccccc1. The zero-order chi connectivity index (χ0) is 12.7. The van der Waals surface area contributed by atoms with Crippen molar-refractivity contribution in [3.8, 4) is 0 Å². The molecule has 1 aromatic rings. The van der Waals surface area contributed by atoms with Gasteiger partial charge in [-0.3, -0.25) is 4.79 Å². The highest BCUT2D eigenvalue weighted by Crippen LogP contribution is 2.04. The Morgan fingerprint density at radius 1 is 1.41 bits per heavy atom. The van der Waals surface area contributed by atoms with Crippen LogP contribution < -0.4 is 11.1 Å². The minimum absolute atomic E-state index is 0.393. The molecule has 0 heterocycles. The number of hydrogen-bond donors (Lipinski definition) is 3. The molecule has 0 spiro atoms. The lowest BCUT2D eigenvalue weighted by molar-refractivity contribution is -0.130. The Bertz CT molecular complexity index is 341. The summed E-state index contributed by atoms with van der Waals surface area (Å²) in [5.41, 5.74) is 6.83. The van der Waals surface area contributed by atoms with E-state index in [-0.39, 0.29) is 0 Å². The first-order valence-electron chi connectivity index (χ1n) is 5.90. The van der Waals surface area contributed by atoms with Crippen LogP contribution in [-0.2, 0) is 11.2 Å². The van der Waals surface area contributed by atoms with E-state index in [1.807, 2.05) is 37.3 Å². The average Bonchev–Trinajstić information content (AvgIpc) is 2.36. The Morgan fingerprint density at radius 2 is 2.06 bits per heavy atom. The van der Waals surface area contributed by atoms with E-state index in [9.17, 15) is 9.90 Å². The van der Waals surface area contributed by atoms with Crippen LogP contribution in [0.5, 0.6) is 0 Å². The minimum atomic E-state index is -1.15. The molecule has 4 N–H and O–H groups in total. The second-order valence-corrected chi connectivity index (χ2v) is 4.09. The standard InChI is InChI=1S/C13H20N2O2/c1-2-8-15-13(17)12(16)11(14)9-10-6-4-3-5-7-10/h3-7,11-12,16H,2,8-9,14H2,1H3,(H,15,17)/t11-,12?/m0/s1. The summed E-state index contributed by atoms with van der Waals surface area (Å²) in [5, 5.41) is 12.4. The van der Waals surface area contributed by atoms with Crippen molar-refractivity contribution in [1.29, 1.82) is 0 Å². The van der Waals surface area contributed by atoms with Gasteiger partial charge in [0, 0.05) is 12.6 Å². The molecule has 17 heavy (non-hydrogen) atoms. The third-order valence-electron chi connectivity index (χ3n) is 2.54. The molecule has 0 radical (unpaired) electrons. The number of aliphatic hydroxyl groups excluding tert-OH is 1. The number of benzene rings is 1. The first kappa shape index (κ1) is 13.7. The predicted octanol–water partition coefficient (Wildman–Crippen LogP) is 0.444. The first-order valence-corrected chi connectivity index (χ1v) is 5.90. The van der Waals surface area contributed by atoms with Gasteiger partial charge in [-0.1, -0.05) is 37.3 Å². The fourth-order valence-electron chi connectivity index (χ4n) is 1.55. The largest absolute Gasteiger partial charge is 0.382 e. The van der Waals surface area contributed by atoms with E-state index >= 15 is 0 Å². The predicted molar refractivity (Wildman–Crippen MR) is 67.4 cm³/mol. The van der Waals surface area contributed by atoms with E-state index in [1.54, 1.807) is 0 Å². The quantitative estimate of drug-likeness (QED) is 0.671. The van der Waals surface area contributed by atoms with Gasteiger partial charge >= 0.3 is 0 Å². The molecule has 1 aromatic carbocycles. The van der Waals surface area contributed by atoms with E-state index in [0.717, 1.165) is 12.0 Å². The number of aliphatic hydroxyl groups is 1. The highest BCUT2D eigenvalue weighted by molar-refractivity contribution is 5.81. The van der Waals surface area contributed by atoms with Crippen molar-refractivity contribution in [2.45, 2.75) is 31.9 Å². The molecule has 1 rings (SSSR count). The average molecular weight is 236 g/mol. The monoisotopic (exact) mass is 236 g/mol. The number of amides is 1. The molecule has 1 unspecified atom stereocenters. The molecule has 0 aliphatic carbocycles. The Hall–Kier alpha value is -1.39. The van der Waals surface area contributed by atoms with Crippen LogP contribution in [0.25, 0.3) is 0 Å². The van der Waals surface area contributed by atoms with Gasteiger partial charge in [-0.25, -0.2) is 0 Å². The van der Waals surface area contributed by atoms with Crippen LogP contribution in [-0.4, -0.2) is 29.7 Å². The van der Waals surface area contributed by atoms with Crippen molar-refractivity contribution in [1.82, 2.24) is 5.32 Å². The van der Waals surface area contributed by atoms with E-state index in [2.05, 4.69) is 5.32 Å². The number of nitrogens with one attached hydrogen (secondary N) is 1. The second-order valence-electron chi connectivity index (χ2n) is 4.09. The number of rotatable bonds is 6. The fraction of sp³-hybridized carbons (Fsp3) is 0.462. The van der Waals surface area contributed by atoms with Crippen molar-refractivity contribution in [2.75, 3.05) is 6.54 Å². The van der Waals surface area contributed by atoms with Crippen molar-refractivity contribution in [3.05, 3.63) is 35.9 Å². The third kappa shape index (κ3) is 4.54. The van der Waals surface area contributed by atoms with Crippen molar-refractivity contribution in [2.24, 2.45) is 5.73 Å². The minimum Gasteiger partial charge on any atom is -0.382 e. The lowest BCUT2D eigenvalue weighted by atomic mass is 10.0. The summed E-state index contributed by atoms with van der Waals surface area (Å²) in [7, 11) is 0. The van der Waals surface area contributed by atoms with Crippen LogP contribution in [0.1, 0.15) is 18.9 Å². The Kier molecular flexibility index (Phi) is 5.66. The molecule has 0 saturated carbocycles. The Morgan fingerprint density at radius 3 is 2.65 bits per heavy atom. The van der Waals surface area contributed by atoms with Crippen molar-refractivity contribution >= 4 is 5.91 Å². The first-order chi connectivity index (χ1) is 8.15. The Balaban J connectivity index is 2.46. The number of carbonyl (C=O) groups excluding carboxylic acids is 1. The molecule has 2 atom stereocenters. The number of hydrogen-bond acceptors (Lipinski definition) is 3. The number of nitrogens with two attached hydrogens (primary N) is 1. The second kappa shape index (κ2) is 7.04. The molecule has 4 nitrogen and oxygen atoms in total. The van der Waals surface area contributed by atoms with Crippen LogP contribution in [0.4, 0.5) is 0 Å². The van der Waals surface area contributed by atoms with Gasteiger partial charge in [0.2, 0.25) is 5.91 Å². The van der Waals surface area contributed by atoms with Crippen LogP contribution >= 0.6 is 0 Å². The highest BCUT2D eigenvalue weighted by Gasteiger charge is 2.22. The van der Waals surface area contributed by atoms with Crippen LogP contribution in [0.2, 0.25) is 0 Å². The molecule has 0 aliphatic rings. The molecule has 0 saturated heterocycles. The van der Waals surface area contributed by atoms with Gasteiger partial charge in [0.15, 0.2) is 0 Å². The summed E-state index contributed by atoms with van der Waals surface area (Å²) in [6, 6.07) is 9.01. The van der Waals surface area contributed by atoms with Gasteiger partial charge in [0.25, 0.3) is 0 Å². The van der Waals surface area contributed by atoms with Gasteiger partial charge in [-0.05, 0) is 18.4 Å². The summed E-state index contributed by atoms with van der Waals surface area (Å²) < 4.78 is 0. The molecule has 0 aromatic heterocycles. The van der Waals surface area contributed by atoms with Gasteiger partial charge < -0.3 is 16.2 Å². The molecule has 94 valence electrons. The lowest BCUT2D eigenvalue weighted by Gasteiger charge is -2.18. The van der Waals surface area contributed by atoms with Gasteiger partial charge in [-0.15, -0.1) is 0 Å². The van der Waals surface area contributed by atoms with Crippen molar-refractivity contribution < 1.29 is 9.90 Å². The topological polar surface area (TPSA) is 75.3 Å². The summed E-state index contributed by atoms with van der Waals surface area (Å²) >= 11 is 0. The van der Waals surface area contributed by atoms with Crippen LogP contribution in [0.3, 0.4) is 0 Å². The van der Waals surface area contributed by atoms with E-state index < -0.39 is 18.1 Å². The summed E-state index contributed by atoms with van der Waals surface area (Å²) in [5.74, 6) is -0.393. The Labute approximate surface area is 102 Å². The maximum atomic E-state index is 11.5. The molecular formula is C13H20N2O2. The van der Waals surface area contributed by atoms with E-state index in [1.165, 1.54) is 0 Å². The number of carbonyl (C=O) groups is 1. The maximum Gasteiger partial charge on any atom is 0.250 e. The van der Waals surface area contributed by atoms with Gasteiger partial charge in [0.1, 0.15) is 6.10 Å². The fourth-order valence-corrected chi connectivity index (χ4v) is 1.55. The highest BCUT2D eigenvalue weighted by atomic mass is 16.3. The smallest absolute Gasteiger partial charge is 0.250 e. The summed E-state index contributed by atoms with van der Waals surface area (Å²) in [4.78, 5) is 11.5. The molecule has 4 heteroatoms. The van der Waals surface area contributed by atoms with E-state index in [4.69, 9.17) is 5.73 Å². The zero-order valence-electron chi connectivity index (χ0n) is 10.1. The zero-order valence-corrected chi connectivity index (χ0v) is 10.1. The summed E-state index contributed by atoms with van der Waals surface area (Å²) in [6.45, 7) is 2.52. The van der Waals surface area contributed by atoms with Crippen LogP contribution in [0.15, 0.2) is 30.3 Å². The van der Waals surface area contributed by atoms with E-state index in [0.29, 0.717) is 13.0 Å². The van der Waals surface area contributed by atoms with Crippen molar-refractivity contribution in [3.63, 3.8) is 0 Å². The lowest BCUT2D eigenvalue weighted by Crippen LogP contribution is -2.47. The summed E-state index contributed by atoms with van der Waals surface area (Å²) in [6.07, 6.45) is 0.176. The van der Waals surface area contributed by atoms with Gasteiger partial charge in [-0.2, -0.15) is 0 Å². The molecule has 0 bridgehead atoms. The normalized spacial score (nSPS) is 14.1. The molecular weight excluding hydrogens is 216 g/mol. The maximum absolute atomic E-state index is 11.5.